The van der Waals surface area contributed by atoms with Crippen LogP contribution in [-0.4, -0.2) is 50.6 Å². The number of rotatable bonds is 3. The number of piperidine rings is 2. The third-order valence-corrected chi connectivity index (χ3v) is 4.53. The Hall–Kier alpha value is -0.0300. The van der Waals surface area contributed by atoms with Gasteiger partial charge in [-0.15, -0.1) is 24.8 Å². The van der Waals surface area contributed by atoms with Gasteiger partial charge in [-0.25, -0.2) is 0 Å². The standard InChI is InChI=1S/C14H27N3O.2ClH/c1-14(6-3-7-15-11-14)13(18)16-10-12-4-8-17(2)9-5-12;;/h12,15H,3-11H2,1-2H3,(H,16,18);2*1H. The fourth-order valence-electron chi connectivity index (χ4n) is 2.97. The summed E-state index contributed by atoms with van der Waals surface area (Å²) in [6, 6.07) is 0. The van der Waals surface area contributed by atoms with Crippen molar-refractivity contribution in [3.05, 3.63) is 0 Å². The Morgan fingerprint density at radius 1 is 1.35 bits per heavy atom. The van der Waals surface area contributed by atoms with Gasteiger partial charge >= 0.3 is 0 Å². The summed E-state index contributed by atoms with van der Waals surface area (Å²) in [7, 11) is 2.17. The van der Waals surface area contributed by atoms with Crippen LogP contribution >= 0.6 is 24.8 Å². The Morgan fingerprint density at radius 3 is 2.55 bits per heavy atom. The zero-order valence-corrected chi connectivity index (χ0v) is 14.2. The Bertz CT molecular complexity index is 288. The van der Waals surface area contributed by atoms with E-state index in [1.807, 2.05) is 0 Å². The highest BCUT2D eigenvalue weighted by molar-refractivity contribution is 5.85. The van der Waals surface area contributed by atoms with E-state index < -0.39 is 0 Å². The fraction of sp³-hybridized carbons (Fsp3) is 0.929. The van der Waals surface area contributed by atoms with Gasteiger partial charge in [-0.1, -0.05) is 0 Å². The van der Waals surface area contributed by atoms with Crippen molar-refractivity contribution in [2.75, 3.05) is 39.8 Å². The van der Waals surface area contributed by atoms with Gasteiger partial charge in [-0.05, 0) is 65.2 Å². The summed E-state index contributed by atoms with van der Waals surface area (Å²) in [6.07, 6.45) is 4.55. The van der Waals surface area contributed by atoms with Crippen molar-refractivity contribution in [3.63, 3.8) is 0 Å². The second-order valence-electron chi connectivity index (χ2n) is 6.30. The predicted octanol–water partition coefficient (Wildman–Crippen LogP) is 1.68. The molecule has 0 saturated carbocycles. The van der Waals surface area contributed by atoms with Crippen molar-refractivity contribution in [2.24, 2.45) is 11.3 Å². The minimum Gasteiger partial charge on any atom is -0.355 e. The number of halogens is 2. The summed E-state index contributed by atoms with van der Waals surface area (Å²) in [6.45, 7) is 7.16. The third-order valence-electron chi connectivity index (χ3n) is 4.53. The number of amides is 1. The van der Waals surface area contributed by atoms with E-state index in [0.29, 0.717) is 5.92 Å². The zero-order valence-electron chi connectivity index (χ0n) is 12.6. The third kappa shape index (κ3) is 5.40. The molecule has 1 amide bonds. The van der Waals surface area contributed by atoms with Crippen LogP contribution in [0.1, 0.15) is 32.6 Å². The van der Waals surface area contributed by atoms with E-state index in [-0.39, 0.29) is 36.1 Å². The van der Waals surface area contributed by atoms with Crippen LogP contribution in [0.4, 0.5) is 0 Å². The molecule has 2 aliphatic rings. The van der Waals surface area contributed by atoms with Gasteiger partial charge < -0.3 is 15.5 Å². The van der Waals surface area contributed by atoms with E-state index in [0.717, 1.165) is 32.5 Å². The topological polar surface area (TPSA) is 44.4 Å². The largest absolute Gasteiger partial charge is 0.355 e. The molecule has 2 aliphatic heterocycles. The Morgan fingerprint density at radius 2 is 2.00 bits per heavy atom. The summed E-state index contributed by atoms with van der Waals surface area (Å²) < 4.78 is 0. The smallest absolute Gasteiger partial charge is 0.227 e. The van der Waals surface area contributed by atoms with Crippen molar-refractivity contribution >= 4 is 30.7 Å². The molecule has 0 bridgehead atoms. The second kappa shape index (κ2) is 9.08. The van der Waals surface area contributed by atoms with Crippen molar-refractivity contribution in [3.8, 4) is 0 Å². The average molecular weight is 326 g/mol. The van der Waals surface area contributed by atoms with Gasteiger partial charge in [0.15, 0.2) is 0 Å². The fourth-order valence-corrected chi connectivity index (χ4v) is 2.97. The average Bonchev–Trinajstić information content (AvgIpc) is 2.38. The monoisotopic (exact) mass is 325 g/mol. The summed E-state index contributed by atoms with van der Waals surface area (Å²) in [4.78, 5) is 14.6. The van der Waals surface area contributed by atoms with Gasteiger partial charge in [0.25, 0.3) is 0 Å². The summed E-state index contributed by atoms with van der Waals surface area (Å²) in [5.41, 5.74) is -0.191. The lowest BCUT2D eigenvalue weighted by Crippen LogP contribution is -2.50. The van der Waals surface area contributed by atoms with Gasteiger partial charge in [0.05, 0.1) is 5.41 Å². The summed E-state index contributed by atoms with van der Waals surface area (Å²) in [5.74, 6) is 0.916. The molecular weight excluding hydrogens is 297 g/mol. The van der Waals surface area contributed by atoms with E-state index in [1.54, 1.807) is 0 Å². The van der Waals surface area contributed by atoms with Crippen molar-refractivity contribution < 1.29 is 4.79 Å². The number of likely N-dealkylation sites (tertiary alicyclic amines) is 1. The van der Waals surface area contributed by atoms with Crippen LogP contribution in [-0.2, 0) is 4.79 Å². The van der Waals surface area contributed by atoms with E-state index in [9.17, 15) is 4.79 Å². The Labute approximate surface area is 135 Å². The normalized spacial score (nSPS) is 28.1. The number of carbonyl (C=O) groups excluding carboxylic acids is 1. The van der Waals surface area contributed by atoms with Crippen LogP contribution in [0, 0.1) is 11.3 Å². The Balaban J connectivity index is 0.00000180. The zero-order chi connectivity index (χ0) is 13.0. The number of hydrogen-bond donors (Lipinski definition) is 2. The van der Waals surface area contributed by atoms with Gasteiger partial charge in [-0.2, -0.15) is 0 Å². The van der Waals surface area contributed by atoms with Crippen molar-refractivity contribution in [1.29, 1.82) is 0 Å². The molecule has 0 aliphatic carbocycles. The second-order valence-corrected chi connectivity index (χ2v) is 6.30. The van der Waals surface area contributed by atoms with Crippen molar-refractivity contribution in [2.45, 2.75) is 32.6 Å². The lowest BCUT2D eigenvalue weighted by Gasteiger charge is -2.34. The lowest BCUT2D eigenvalue weighted by molar-refractivity contribution is -0.131. The van der Waals surface area contributed by atoms with Gasteiger partial charge in [-0.3, -0.25) is 4.79 Å². The number of nitrogens with zero attached hydrogens (tertiary/aromatic N) is 1. The van der Waals surface area contributed by atoms with Crippen LogP contribution in [0.5, 0.6) is 0 Å². The molecule has 20 heavy (non-hydrogen) atoms. The molecule has 0 radical (unpaired) electrons. The van der Waals surface area contributed by atoms with Crippen LogP contribution < -0.4 is 10.6 Å². The molecule has 2 rings (SSSR count). The predicted molar refractivity (Wildman–Crippen MR) is 87.9 cm³/mol. The summed E-state index contributed by atoms with van der Waals surface area (Å²) >= 11 is 0. The summed E-state index contributed by atoms with van der Waals surface area (Å²) in [5, 5.41) is 6.51. The van der Waals surface area contributed by atoms with Gasteiger partial charge in [0, 0.05) is 13.1 Å². The number of hydrogen-bond acceptors (Lipinski definition) is 3. The minimum absolute atomic E-state index is 0. The molecule has 1 atom stereocenters. The molecule has 2 heterocycles. The van der Waals surface area contributed by atoms with E-state index in [4.69, 9.17) is 0 Å². The van der Waals surface area contributed by atoms with Crippen LogP contribution in [0.3, 0.4) is 0 Å². The maximum Gasteiger partial charge on any atom is 0.227 e. The number of nitrogens with one attached hydrogen (secondary N) is 2. The van der Waals surface area contributed by atoms with E-state index in [1.165, 1.54) is 25.9 Å². The molecule has 2 N–H and O–H groups in total. The molecule has 1 unspecified atom stereocenters. The first-order valence-electron chi connectivity index (χ1n) is 7.28. The molecule has 2 fully saturated rings. The molecule has 2 saturated heterocycles. The molecule has 0 aromatic carbocycles. The molecule has 120 valence electrons. The highest BCUT2D eigenvalue weighted by atomic mass is 35.5. The van der Waals surface area contributed by atoms with Gasteiger partial charge in [0.1, 0.15) is 0 Å². The minimum atomic E-state index is -0.191. The molecule has 6 heteroatoms. The lowest BCUT2D eigenvalue weighted by atomic mass is 9.81. The Kier molecular flexibility index (Phi) is 9.07. The first-order valence-corrected chi connectivity index (χ1v) is 7.28. The van der Waals surface area contributed by atoms with Crippen molar-refractivity contribution in [1.82, 2.24) is 15.5 Å². The highest BCUT2D eigenvalue weighted by Gasteiger charge is 2.34. The van der Waals surface area contributed by atoms with Crippen LogP contribution in [0.25, 0.3) is 0 Å². The maximum atomic E-state index is 12.3. The van der Waals surface area contributed by atoms with Crippen LogP contribution in [0.2, 0.25) is 0 Å². The molecular formula is C14H29Cl2N3O. The first-order chi connectivity index (χ1) is 8.60. The first kappa shape index (κ1) is 20.0. The van der Waals surface area contributed by atoms with E-state index >= 15 is 0 Å². The SMILES string of the molecule is CN1CCC(CNC(=O)C2(C)CCCNC2)CC1.Cl.Cl. The van der Waals surface area contributed by atoms with Gasteiger partial charge in [0.2, 0.25) is 5.91 Å². The molecule has 0 aromatic heterocycles. The molecule has 0 aromatic rings. The van der Waals surface area contributed by atoms with Crippen LogP contribution in [0.15, 0.2) is 0 Å². The maximum absolute atomic E-state index is 12.3. The molecule has 4 nitrogen and oxygen atoms in total. The van der Waals surface area contributed by atoms with E-state index in [2.05, 4.69) is 29.5 Å². The quantitative estimate of drug-likeness (QED) is 0.829. The molecule has 0 spiro atoms. The number of carbonyl (C=O) groups is 1. The highest BCUT2D eigenvalue weighted by Crippen LogP contribution is 2.25.